The number of rotatable bonds is 1. The number of benzene rings is 1. The summed E-state index contributed by atoms with van der Waals surface area (Å²) in [6.45, 7) is 0. The lowest BCUT2D eigenvalue weighted by Crippen LogP contribution is -2.06. The van der Waals surface area contributed by atoms with Gasteiger partial charge in [-0.05, 0) is 12.1 Å². The van der Waals surface area contributed by atoms with E-state index in [4.69, 9.17) is 39.9 Å². The van der Waals surface area contributed by atoms with Gasteiger partial charge in [0.1, 0.15) is 5.82 Å². The van der Waals surface area contributed by atoms with Gasteiger partial charge < -0.3 is 5.11 Å². The SMILES string of the molecule is O=C(O)c1ccc(C(Cl)(Cl)Cl)c(F)c1. The Hall–Kier alpha value is -0.510. The van der Waals surface area contributed by atoms with E-state index in [0.29, 0.717) is 0 Å². The van der Waals surface area contributed by atoms with Gasteiger partial charge in [0.15, 0.2) is 0 Å². The van der Waals surface area contributed by atoms with Crippen molar-refractivity contribution in [3.8, 4) is 0 Å². The predicted octanol–water partition coefficient (Wildman–Crippen LogP) is 3.35. The Bertz CT molecular complexity index is 373. The first kappa shape index (κ1) is 11.6. The zero-order valence-corrected chi connectivity index (χ0v) is 8.87. The third-order valence-corrected chi connectivity index (χ3v) is 2.13. The van der Waals surface area contributed by atoms with Gasteiger partial charge in [0, 0.05) is 5.56 Å². The van der Waals surface area contributed by atoms with Crippen molar-refractivity contribution in [1.29, 1.82) is 0 Å². The fourth-order valence-electron chi connectivity index (χ4n) is 0.878. The fraction of sp³-hybridized carbons (Fsp3) is 0.125. The van der Waals surface area contributed by atoms with Crippen LogP contribution in [-0.2, 0) is 3.79 Å². The number of carbonyl (C=O) groups is 1. The third kappa shape index (κ3) is 2.50. The van der Waals surface area contributed by atoms with Crippen LogP contribution in [0.4, 0.5) is 4.39 Å². The number of halogens is 4. The van der Waals surface area contributed by atoms with Crippen molar-refractivity contribution in [3.05, 3.63) is 35.1 Å². The van der Waals surface area contributed by atoms with Gasteiger partial charge in [0.05, 0.1) is 5.56 Å². The lowest BCUT2D eigenvalue weighted by Gasteiger charge is -2.12. The van der Waals surface area contributed by atoms with Crippen LogP contribution in [0.5, 0.6) is 0 Å². The Balaban J connectivity index is 3.21. The van der Waals surface area contributed by atoms with Gasteiger partial charge in [0.25, 0.3) is 0 Å². The third-order valence-electron chi connectivity index (χ3n) is 1.52. The van der Waals surface area contributed by atoms with Gasteiger partial charge in [-0.3, -0.25) is 0 Å². The molecule has 0 amide bonds. The van der Waals surface area contributed by atoms with E-state index in [1.165, 1.54) is 6.07 Å². The summed E-state index contributed by atoms with van der Waals surface area (Å²) >= 11 is 16.3. The number of carboxylic acid groups (broad SMARTS) is 1. The zero-order chi connectivity index (χ0) is 10.9. The minimum Gasteiger partial charge on any atom is -0.478 e. The van der Waals surface area contributed by atoms with E-state index < -0.39 is 15.6 Å². The van der Waals surface area contributed by atoms with Crippen LogP contribution in [0, 0.1) is 5.82 Å². The molecule has 0 atom stereocenters. The van der Waals surface area contributed by atoms with Gasteiger partial charge in [-0.2, -0.15) is 0 Å². The molecule has 0 saturated carbocycles. The van der Waals surface area contributed by atoms with Gasteiger partial charge in [0.2, 0.25) is 3.79 Å². The highest BCUT2D eigenvalue weighted by Gasteiger charge is 2.27. The minimum absolute atomic E-state index is 0.174. The maximum atomic E-state index is 13.2. The monoisotopic (exact) mass is 256 g/mol. The van der Waals surface area contributed by atoms with E-state index in [9.17, 15) is 9.18 Å². The van der Waals surface area contributed by atoms with Crippen LogP contribution < -0.4 is 0 Å². The number of hydrogen-bond acceptors (Lipinski definition) is 1. The molecule has 1 aromatic rings. The molecule has 1 rings (SSSR count). The van der Waals surface area contributed by atoms with Crippen molar-refractivity contribution in [2.75, 3.05) is 0 Å². The van der Waals surface area contributed by atoms with E-state index in [-0.39, 0.29) is 11.1 Å². The van der Waals surface area contributed by atoms with Crippen LogP contribution in [-0.4, -0.2) is 11.1 Å². The molecule has 0 aromatic heterocycles. The maximum absolute atomic E-state index is 13.2. The highest BCUT2D eigenvalue weighted by atomic mass is 35.6. The molecule has 6 heteroatoms. The average Bonchev–Trinajstić information content (AvgIpc) is 2.01. The smallest absolute Gasteiger partial charge is 0.335 e. The second kappa shape index (κ2) is 3.93. The topological polar surface area (TPSA) is 37.3 Å². The van der Waals surface area contributed by atoms with Crippen molar-refractivity contribution in [3.63, 3.8) is 0 Å². The molecule has 2 nitrogen and oxygen atoms in total. The van der Waals surface area contributed by atoms with Crippen LogP contribution in [0.1, 0.15) is 15.9 Å². The summed E-state index contributed by atoms with van der Waals surface area (Å²) in [6, 6.07) is 3.11. The molecule has 0 fully saturated rings. The van der Waals surface area contributed by atoms with Crippen LogP contribution in [0.15, 0.2) is 18.2 Å². The lowest BCUT2D eigenvalue weighted by molar-refractivity contribution is 0.0696. The van der Waals surface area contributed by atoms with Crippen LogP contribution in [0.25, 0.3) is 0 Å². The highest BCUT2D eigenvalue weighted by molar-refractivity contribution is 6.66. The van der Waals surface area contributed by atoms with E-state index >= 15 is 0 Å². The molecule has 0 aliphatic heterocycles. The molecular weight excluding hydrogens is 253 g/mol. The quantitative estimate of drug-likeness (QED) is 0.783. The molecule has 1 aromatic carbocycles. The summed E-state index contributed by atoms with van der Waals surface area (Å²) in [5.74, 6) is -2.09. The largest absolute Gasteiger partial charge is 0.478 e. The summed E-state index contributed by atoms with van der Waals surface area (Å²) in [4.78, 5) is 10.4. The summed E-state index contributed by atoms with van der Waals surface area (Å²) in [6.07, 6.45) is 0. The Kier molecular flexibility index (Phi) is 3.24. The molecule has 0 spiro atoms. The van der Waals surface area contributed by atoms with E-state index in [1.807, 2.05) is 0 Å². The molecule has 0 bridgehead atoms. The minimum atomic E-state index is -1.89. The summed E-state index contributed by atoms with van der Waals surface area (Å²) < 4.78 is 11.3. The fourth-order valence-corrected chi connectivity index (χ4v) is 1.34. The first-order valence-corrected chi connectivity index (χ1v) is 4.56. The second-order valence-electron chi connectivity index (χ2n) is 2.50. The Morgan fingerprint density at radius 1 is 1.36 bits per heavy atom. The lowest BCUT2D eigenvalue weighted by atomic mass is 10.1. The van der Waals surface area contributed by atoms with E-state index in [1.54, 1.807) is 0 Å². The van der Waals surface area contributed by atoms with Gasteiger partial charge in [-0.15, -0.1) is 0 Å². The molecule has 0 heterocycles. The van der Waals surface area contributed by atoms with E-state index in [2.05, 4.69) is 0 Å². The Labute approximate surface area is 94.2 Å². The number of aromatic carboxylic acids is 1. The normalized spacial score (nSPS) is 11.4. The van der Waals surface area contributed by atoms with Gasteiger partial charge >= 0.3 is 5.97 Å². The van der Waals surface area contributed by atoms with E-state index in [0.717, 1.165) is 12.1 Å². The maximum Gasteiger partial charge on any atom is 0.335 e. The van der Waals surface area contributed by atoms with Gasteiger partial charge in [-0.25, -0.2) is 9.18 Å². The first-order valence-electron chi connectivity index (χ1n) is 3.42. The average molecular weight is 257 g/mol. The van der Waals surface area contributed by atoms with Gasteiger partial charge in [-0.1, -0.05) is 40.9 Å². The number of alkyl halides is 3. The van der Waals surface area contributed by atoms with Crippen LogP contribution in [0.3, 0.4) is 0 Å². The predicted molar refractivity (Wildman–Crippen MR) is 52.6 cm³/mol. The molecule has 76 valence electrons. The summed E-state index contributed by atoms with van der Waals surface area (Å²) in [7, 11) is 0. The molecule has 0 radical (unpaired) electrons. The van der Waals surface area contributed by atoms with Crippen molar-refractivity contribution < 1.29 is 14.3 Å². The highest BCUT2D eigenvalue weighted by Crippen LogP contribution is 2.39. The van der Waals surface area contributed by atoms with Crippen molar-refractivity contribution >= 4 is 40.8 Å². The Morgan fingerprint density at radius 2 is 1.93 bits per heavy atom. The first-order chi connectivity index (χ1) is 6.32. The Morgan fingerprint density at radius 3 is 2.29 bits per heavy atom. The molecular formula is C8H4Cl3FO2. The van der Waals surface area contributed by atoms with Crippen molar-refractivity contribution in [2.24, 2.45) is 0 Å². The number of carboxylic acids is 1. The number of hydrogen-bond donors (Lipinski definition) is 1. The second-order valence-corrected chi connectivity index (χ2v) is 4.78. The molecule has 0 unspecified atom stereocenters. The van der Waals surface area contributed by atoms with Crippen LogP contribution in [0.2, 0.25) is 0 Å². The summed E-state index contributed by atoms with van der Waals surface area (Å²) in [5.41, 5.74) is -0.368. The van der Waals surface area contributed by atoms with Crippen molar-refractivity contribution in [1.82, 2.24) is 0 Å². The summed E-state index contributed by atoms with van der Waals surface area (Å²) in [5, 5.41) is 8.54. The standard InChI is InChI=1S/C8H4Cl3FO2/c9-8(10,11)5-2-1-4(7(13)14)3-6(5)12/h1-3H,(H,13,14). The molecule has 0 aliphatic rings. The molecule has 0 saturated heterocycles. The molecule has 14 heavy (non-hydrogen) atoms. The molecule has 1 N–H and O–H groups in total. The van der Waals surface area contributed by atoms with Crippen molar-refractivity contribution in [2.45, 2.75) is 3.79 Å². The van der Waals surface area contributed by atoms with Crippen LogP contribution >= 0.6 is 34.8 Å². The molecule has 0 aliphatic carbocycles. The zero-order valence-electron chi connectivity index (χ0n) is 6.60.